The molecule has 0 bridgehead atoms. The molecule has 0 aromatic carbocycles. The highest BCUT2D eigenvalue weighted by Crippen LogP contribution is 2.38. The number of phosphoric ester groups is 1. The molecule has 0 aliphatic rings. The van der Waals surface area contributed by atoms with E-state index >= 15 is 0 Å². The first kappa shape index (κ1) is 63.5. The number of nitrogens with one attached hydrogen (secondary N) is 1. The Morgan fingerprint density at radius 2 is 0.985 bits per heavy atom. The normalized spacial score (nSPS) is 14.5. The average Bonchev–Trinajstić information content (AvgIpc) is 3.27. The molecular weight excluding hydrogens is 844 g/mol. The summed E-state index contributed by atoms with van der Waals surface area (Å²) < 4.78 is 30.1. The Labute approximate surface area is 406 Å². The predicted octanol–water partition coefficient (Wildman–Crippen LogP) is 15.1. The molecule has 0 spiro atoms. The minimum atomic E-state index is -4.71. The van der Waals surface area contributed by atoms with Crippen molar-refractivity contribution in [1.29, 1.82) is 0 Å². The van der Waals surface area contributed by atoms with E-state index in [4.69, 9.17) is 13.8 Å². The molecule has 3 atom stereocenters. The Hall–Kier alpha value is -2.55. The van der Waals surface area contributed by atoms with E-state index in [1.807, 2.05) is 39.4 Å². The number of carbonyl (C=O) groups excluding carboxylic acids is 2. The minimum absolute atomic E-state index is 0.0370. The molecule has 0 rings (SSSR count). The molecule has 0 radical (unpaired) electrons. The van der Waals surface area contributed by atoms with Crippen molar-refractivity contribution in [3.8, 4) is 0 Å². The quantitative estimate of drug-likeness (QED) is 0.0212. The van der Waals surface area contributed by atoms with Gasteiger partial charge in [0.15, 0.2) is 0 Å². The second kappa shape index (κ2) is 46.2. The molecule has 1 N–H and O–H groups in total. The summed E-state index contributed by atoms with van der Waals surface area (Å²) in [4.78, 5) is 39.6. The van der Waals surface area contributed by atoms with Gasteiger partial charge in [-0.25, -0.2) is 0 Å². The standard InChI is InChI=1S/C56H101N2O7P/c1-7-10-13-16-19-22-25-27-28-29-31-33-36-39-42-45-48-55(59)57-53(52-64-66(61,62)63-51-50-58(4,5)6)54(47-44-41-38-35-32-24-21-18-15-12-9-3)65-56(60)49-46-43-40-37-34-30-26-23-20-17-14-11-8-2/h10,13,19,22,27-28,31,33,39,42,44,47,53-54H,7-9,11-12,14-18,20-21,23-26,29-30,32,34-38,40-41,43,45-46,48-52H2,1-6H3,(H-,57,59,61,62)/b13-10+,22-19+,28-27+,33-31+,42-39+,47-44+. The number of allylic oxidation sites excluding steroid dienone is 11. The Bertz CT molecular complexity index is 1370. The smallest absolute Gasteiger partial charge is 0.306 e. The van der Waals surface area contributed by atoms with E-state index in [0.29, 0.717) is 17.4 Å². The van der Waals surface area contributed by atoms with Gasteiger partial charge in [-0.3, -0.25) is 14.2 Å². The number of hydrogen-bond acceptors (Lipinski definition) is 7. The molecule has 0 heterocycles. The lowest BCUT2D eigenvalue weighted by molar-refractivity contribution is -0.870. The van der Waals surface area contributed by atoms with Crippen molar-refractivity contribution in [3.05, 3.63) is 72.9 Å². The van der Waals surface area contributed by atoms with Crippen molar-refractivity contribution >= 4 is 19.7 Å². The number of ether oxygens (including phenoxy) is 1. The molecule has 0 aliphatic heterocycles. The fourth-order valence-corrected chi connectivity index (χ4v) is 8.00. The third kappa shape index (κ3) is 46.6. The number of nitrogens with zero attached hydrogens (tertiary/aromatic N) is 1. The van der Waals surface area contributed by atoms with E-state index < -0.39 is 26.6 Å². The van der Waals surface area contributed by atoms with Crippen molar-refractivity contribution in [2.75, 3.05) is 40.9 Å². The number of quaternary nitrogens is 1. The van der Waals surface area contributed by atoms with Crippen molar-refractivity contribution in [2.45, 2.75) is 232 Å². The number of hydrogen-bond donors (Lipinski definition) is 1. The largest absolute Gasteiger partial charge is 0.756 e. The number of carbonyl (C=O) groups is 2. The summed E-state index contributed by atoms with van der Waals surface area (Å²) in [6.45, 7) is 6.64. The van der Waals surface area contributed by atoms with E-state index in [9.17, 15) is 19.0 Å². The van der Waals surface area contributed by atoms with Crippen LogP contribution in [0.3, 0.4) is 0 Å². The van der Waals surface area contributed by atoms with Crippen molar-refractivity contribution in [2.24, 2.45) is 0 Å². The first-order valence-corrected chi connectivity index (χ1v) is 28.2. The van der Waals surface area contributed by atoms with Gasteiger partial charge >= 0.3 is 5.97 Å². The van der Waals surface area contributed by atoms with E-state index in [1.165, 1.54) is 109 Å². The number of rotatable bonds is 47. The summed E-state index contributed by atoms with van der Waals surface area (Å²) in [6.07, 6.45) is 57.4. The molecule has 10 heteroatoms. The Kier molecular flexibility index (Phi) is 44.4. The van der Waals surface area contributed by atoms with Crippen LogP contribution in [0, 0.1) is 0 Å². The third-order valence-electron chi connectivity index (χ3n) is 11.4. The maximum absolute atomic E-state index is 13.4. The van der Waals surface area contributed by atoms with Gasteiger partial charge < -0.3 is 28.5 Å². The summed E-state index contributed by atoms with van der Waals surface area (Å²) in [5.74, 6) is -0.640. The molecule has 382 valence electrons. The van der Waals surface area contributed by atoms with Crippen molar-refractivity contribution in [3.63, 3.8) is 0 Å². The third-order valence-corrected chi connectivity index (χ3v) is 12.4. The molecule has 0 aromatic rings. The fourth-order valence-electron chi connectivity index (χ4n) is 7.27. The second-order valence-corrected chi connectivity index (χ2v) is 20.4. The number of amides is 1. The lowest BCUT2D eigenvalue weighted by Gasteiger charge is -2.30. The van der Waals surface area contributed by atoms with Crippen LogP contribution in [0.25, 0.3) is 0 Å². The van der Waals surface area contributed by atoms with Gasteiger partial charge in [-0.2, -0.15) is 0 Å². The minimum Gasteiger partial charge on any atom is -0.756 e. The van der Waals surface area contributed by atoms with Crippen LogP contribution < -0.4 is 10.2 Å². The van der Waals surface area contributed by atoms with Gasteiger partial charge in [0.1, 0.15) is 19.3 Å². The monoisotopic (exact) mass is 945 g/mol. The number of likely N-dealkylation sites (N-methyl/N-ethyl adjacent to an activating group) is 1. The van der Waals surface area contributed by atoms with Crippen LogP contribution in [0.4, 0.5) is 0 Å². The zero-order chi connectivity index (χ0) is 48.7. The first-order valence-electron chi connectivity index (χ1n) is 26.7. The van der Waals surface area contributed by atoms with Crippen LogP contribution >= 0.6 is 7.82 Å². The summed E-state index contributed by atoms with van der Waals surface area (Å²) >= 11 is 0. The highest BCUT2D eigenvalue weighted by molar-refractivity contribution is 7.45. The highest BCUT2D eigenvalue weighted by Gasteiger charge is 2.27. The molecule has 0 aliphatic carbocycles. The van der Waals surface area contributed by atoms with Gasteiger partial charge in [-0.1, -0.05) is 216 Å². The van der Waals surface area contributed by atoms with Crippen LogP contribution in [0.2, 0.25) is 0 Å². The number of esters is 1. The first-order chi connectivity index (χ1) is 31.9. The van der Waals surface area contributed by atoms with Crippen molar-refractivity contribution in [1.82, 2.24) is 5.32 Å². The van der Waals surface area contributed by atoms with Crippen LogP contribution in [0.1, 0.15) is 220 Å². The summed E-state index contributed by atoms with van der Waals surface area (Å²) in [5.41, 5.74) is 0. The van der Waals surface area contributed by atoms with Crippen molar-refractivity contribution < 1.29 is 37.3 Å². The summed E-state index contributed by atoms with van der Waals surface area (Å²) in [5, 5.41) is 2.96. The van der Waals surface area contributed by atoms with Crippen LogP contribution in [0.5, 0.6) is 0 Å². The molecule has 9 nitrogen and oxygen atoms in total. The maximum atomic E-state index is 13.4. The highest BCUT2D eigenvalue weighted by atomic mass is 31.2. The number of unbranched alkanes of at least 4 members (excludes halogenated alkanes) is 21. The van der Waals surface area contributed by atoms with Crippen LogP contribution in [-0.2, 0) is 27.9 Å². The fraction of sp³-hybridized carbons (Fsp3) is 0.750. The van der Waals surface area contributed by atoms with E-state index in [2.05, 4.69) is 74.7 Å². The van der Waals surface area contributed by atoms with E-state index in [0.717, 1.165) is 70.6 Å². The van der Waals surface area contributed by atoms with Gasteiger partial charge in [-0.05, 0) is 63.9 Å². The molecule has 0 aromatic heterocycles. The van der Waals surface area contributed by atoms with Gasteiger partial charge in [0, 0.05) is 12.8 Å². The van der Waals surface area contributed by atoms with Gasteiger partial charge in [0.25, 0.3) is 7.82 Å². The summed E-state index contributed by atoms with van der Waals surface area (Å²) in [6, 6.07) is -0.926. The zero-order valence-corrected chi connectivity index (χ0v) is 44.3. The number of phosphoric acid groups is 1. The lowest BCUT2D eigenvalue weighted by atomic mass is 10.0. The molecule has 0 fully saturated rings. The topological polar surface area (TPSA) is 114 Å². The predicted molar refractivity (Wildman–Crippen MR) is 279 cm³/mol. The SMILES string of the molecule is CC/C=C/C/C=C/C/C=C/C/C=C/C/C=C/CCC(=O)NC(COP(=O)([O-])OCC[N+](C)(C)C)C(/C=C/CCCCCCCCCCC)OC(=O)CCCCCCCCCCCCCCC. The lowest BCUT2D eigenvalue weighted by Crippen LogP contribution is -2.47. The second-order valence-electron chi connectivity index (χ2n) is 19.0. The zero-order valence-electron chi connectivity index (χ0n) is 43.4. The van der Waals surface area contributed by atoms with Crippen LogP contribution in [-0.4, -0.2) is 69.4 Å². The van der Waals surface area contributed by atoms with Gasteiger partial charge in [0.05, 0.1) is 33.8 Å². The average molecular weight is 945 g/mol. The summed E-state index contributed by atoms with van der Waals surface area (Å²) in [7, 11) is 1.13. The maximum Gasteiger partial charge on any atom is 0.306 e. The molecule has 1 amide bonds. The molecular formula is C56H101N2O7P. The Morgan fingerprint density at radius 1 is 0.545 bits per heavy atom. The van der Waals surface area contributed by atoms with Crippen LogP contribution in [0.15, 0.2) is 72.9 Å². The molecule has 0 saturated heterocycles. The van der Waals surface area contributed by atoms with E-state index in [-0.39, 0.29) is 31.3 Å². The Morgan fingerprint density at radius 3 is 1.45 bits per heavy atom. The molecule has 3 unspecified atom stereocenters. The molecule has 66 heavy (non-hydrogen) atoms. The van der Waals surface area contributed by atoms with Gasteiger partial charge in [0.2, 0.25) is 5.91 Å². The van der Waals surface area contributed by atoms with Gasteiger partial charge in [-0.15, -0.1) is 0 Å². The Balaban J connectivity index is 5.50. The van der Waals surface area contributed by atoms with E-state index in [1.54, 1.807) is 6.08 Å². The molecule has 0 saturated carbocycles.